The standard InChI is InChI=1S/C36H58O7/c1-19(2)20-10-15-36(31(42)30-29(41)28(40)27(39)22(18-37)43-30)17-16-34(6)21(26(20)36)8-9-24-33(5)13-12-25(38)32(3,4)23(33)11-14-35(24,34)7/h20-24,26-31,37,39-42H,1,8-18H2,2-7H3/t20-,21?,22?,23?,24?,26?,27+,28?,29?,30+,31?,33-,34+,35+,36-/m0/s1. The second-order valence-corrected chi connectivity index (χ2v) is 17.3. The minimum atomic E-state index is -1.50. The summed E-state index contributed by atoms with van der Waals surface area (Å²) in [7, 11) is 0. The van der Waals surface area contributed by atoms with Gasteiger partial charge in [0.15, 0.2) is 0 Å². The molecule has 7 heteroatoms. The van der Waals surface area contributed by atoms with Gasteiger partial charge in [-0.2, -0.15) is 0 Å². The number of aliphatic hydroxyl groups is 5. The lowest BCUT2D eigenvalue weighted by molar-refractivity contribution is -0.281. The van der Waals surface area contributed by atoms with E-state index in [2.05, 4.69) is 48.1 Å². The average molecular weight is 603 g/mol. The lowest BCUT2D eigenvalue weighted by Gasteiger charge is -2.72. The molecule has 0 bridgehead atoms. The number of rotatable bonds is 4. The third-order valence-corrected chi connectivity index (χ3v) is 15.7. The minimum Gasteiger partial charge on any atom is -0.394 e. The Morgan fingerprint density at radius 1 is 0.884 bits per heavy atom. The number of aliphatic hydroxyl groups excluding tert-OH is 5. The van der Waals surface area contributed by atoms with E-state index >= 15 is 0 Å². The molecular formula is C36H58O7. The molecule has 5 aliphatic carbocycles. The summed E-state index contributed by atoms with van der Waals surface area (Å²) in [4.78, 5) is 13.1. The van der Waals surface area contributed by atoms with Crippen molar-refractivity contribution >= 4 is 5.78 Å². The van der Waals surface area contributed by atoms with Crippen molar-refractivity contribution in [1.82, 2.24) is 0 Å². The van der Waals surface area contributed by atoms with E-state index in [9.17, 15) is 30.3 Å². The second kappa shape index (κ2) is 10.3. The summed E-state index contributed by atoms with van der Waals surface area (Å²) in [6, 6.07) is 0. The van der Waals surface area contributed by atoms with Crippen molar-refractivity contribution in [3.05, 3.63) is 12.2 Å². The first-order valence-electron chi connectivity index (χ1n) is 17.2. The van der Waals surface area contributed by atoms with E-state index in [0.717, 1.165) is 63.4 Å². The second-order valence-electron chi connectivity index (χ2n) is 17.3. The normalized spacial score (nSPS) is 55.0. The third kappa shape index (κ3) is 4.10. The highest BCUT2D eigenvalue weighted by Crippen LogP contribution is 2.77. The summed E-state index contributed by atoms with van der Waals surface area (Å²) in [6.45, 7) is 18.0. The van der Waals surface area contributed by atoms with Crippen LogP contribution in [-0.4, -0.2) is 74.5 Å². The number of Topliss-reactive ketones (excluding diaryl/α,β-unsaturated/α-hetero) is 1. The van der Waals surface area contributed by atoms with E-state index in [0.29, 0.717) is 30.0 Å². The van der Waals surface area contributed by atoms with Crippen molar-refractivity contribution in [2.45, 2.75) is 142 Å². The number of carbonyl (C=O) groups is 1. The SMILES string of the molecule is C=C(C)[C@@H]1CC[C@]2(C(O)[C@@H]3OC(CO)[C@@H](O)C(O)C3O)CC[C@]3(C)C(CCC4[C@@]5(C)CCC(=O)C(C)(C)C5CC[C@]43C)C12. The van der Waals surface area contributed by atoms with Crippen molar-refractivity contribution in [3.63, 3.8) is 0 Å². The van der Waals surface area contributed by atoms with Gasteiger partial charge in [0.25, 0.3) is 0 Å². The number of ketones is 1. The number of fused-ring (bicyclic) bond motifs is 7. The van der Waals surface area contributed by atoms with E-state index in [1.807, 2.05) is 0 Å². The Bertz CT molecular complexity index is 1130. The van der Waals surface area contributed by atoms with Crippen LogP contribution in [0, 0.1) is 56.7 Å². The summed E-state index contributed by atoms with van der Waals surface area (Å²) >= 11 is 0. The average Bonchev–Trinajstić information content (AvgIpc) is 3.35. The molecule has 6 aliphatic rings. The Morgan fingerprint density at radius 2 is 1.58 bits per heavy atom. The lowest BCUT2D eigenvalue weighted by atomic mass is 9.32. The molecule has 6 fully saturated rings. The van der Waals surface area contributed by atoms with Crippen LogP contribution >= 0.6 is 0 Å². The van der Waals surface area contributed by atoms with Crippen LogP contribution in [0.2, 0.25) is 0 Å². The quantitative estimate of drug-likeness (QED) is 0.302. The molecule has 5 N–H and O–H groups in total. The van der Waals surface area contributed by atoms with Crippen LogP contribution in [0.1, 0.15) is 106 Å². The summed E-state index contributed by atoms with van der Waals surface area (Å²) < 4.78 is 6.00. The highest BCUT2D eigenvalue weighted by atomic mass is 16.6. The first-order chi connectivity index (χ1) is 20.0. The lowest BCUT2D eigenvalue weighted by Crippen LogP contribution is -2.69. The first-order valence-corrected chi connectivity index (χ1v) is 17.2. The fraction of sp³-hybridized carbons (Fsp3) is 0.917. The molecule has 43 heavy (non-hydrogen) atoms. The predicted molar refractivity (Wildman–Crippen MR) is 164 cm³/mol. The maximum absolute atomic E-state index is 13.1. The van der Waals surface area contributed by atoms with E-state index in [4.69, 9.17) is 4.74 Å². The van der Waals surface area contributed by atoms with Gasteiger partial charge in [0.1, 0.15) is 36.3 Å². The topological polar surface area (TPSA) is 127 Å². The molecule has 5 saturated carbocycles. The molecule has 0 aromatic rings. The summed E-state index contributed by atoms with van der Waals surface area (Å²) in [5.74, 6) is 2.16. The van der Waals surface area contributed by atoms with Gasteiger partial charge in [-0.15, -0.1) is 0 Å². The van der Waals surface area contributed by atoms with E-state index in [1.165, 1.54) is 0 Å². The monoisotopic (exact) mass is 602 g/mol. The predicted octanol–water partition coefficient (Wildman–Crippen LogP) is 4.42. The van der Waals surface area contributed by atoms with Crippen LogP contribution in [0.15, 0.2) is 12.2 Å². The molecule has 244 valence electrons. The molecule has 0 aromatic heterocycles. The minimum absolute atomic E-state index is 0.0524. The van der Waals surface area contributed by atoms with Gasteiger partial charge in [0.2, 0.25) is 0 Å². The molecule has 15 atom stereocenters. The van der Waals surface area contributed by atoms with Gasteiger partial charge in [-0.25, -0.2) is 0 Å². The van der Waals surface area contributed by atoms with Gasteiger partial charge in [-0.05, 0) is 111 Å². The van der Waals surface area contributed by atoms with Crippen molar-refractivity contribution in [2.24, 2.45) is 56.7 Å². The molecule has 0 radical (unpaired) electrons. The van der Waals surface area contributed by atoms with Crippen LogP contribution in [0.3, 0.4) is 0 Å². The largest absolute Gasteiger partial charge is 0.394 e. The van der Waals surface area contributed by atoms with Crippen molar-refractivity contribution in [3.8, 4) is 0 Å². The van der Waals surface area contributed by atoms with E-state index in [1.54, 1.807) is 0 Å². The van der Waals surface area contributed by atoms with Gasteiger partial charge >= 0.3 is 0 Å². The Kier molecular flexibility index (Phi) is 7.72. The van der Waals surface area contributed by atoms with Gasteiger partial charge in [0, 0.05) is 17.3 Å². The summed E-state index contributed by atoms with van der Waals surface area (Å²) in [6.07, 6.45) is 2.03. The van der Waals surface area contributed by atoms with Gasteiger partial charge < -0.3 is 30.3 Å². The molecule has 0 aromatic carbocycles. The van der Waals surface area contributed by atoms with Crippen molar-refractivity contribution in [2.75, 3.05) is 6.61 Å². The van der Waals surface area contributed by atoms with Crippen molar-refractivity contribution < 1.29 is 35.1 Å². The van der Waals surface area contributed by atoms with Crippen LogP contribution in [0.5, 0.6) is 0 Å². The number of allylic oxidation sites excluding steroid dienone is 1. The zero-order valence-corrected chi connectivity index (χ0v) is 27.4. The molecule has 1 aliphatic heterocycles. The molecule has 0 amide bonds. The molecule has 1 saturated heterocycles. The van der Waals surface area contributed by atoms with Crippen LogP contribution in [0.25, 0.3) is 0 Å². The fourth-order valence-corrected chi connectivity index (χ4v) is 13.2. The van der Waals surface area contributed by atoms with Crippen LogP contribution in [0.4, 0.5) is 0 Å². The Morgan fingerprint density at radius 3 is 2.23 bits per heavy atom. The molecule has 8 unspecified atom stereocenters. The highest BCUT2D eigenvalue weighted by molar-refractivity contribution is 5.85. The Labute approximate surface area is 258 Å². The van der Waals surface area contributed by atoms with Gasteiger partial charge in [0.05, 0.1) is 12.7 Å². The molecule has 0 spiro atoms. The smallest absolute Gasteiger partial charge is 0.138 e. The third-order valence-electron chi connectivity index (χ3n) is 15.7. The molecular weight excluding hydrogens is 544 g/mol. The zero-order valence-electron chi connectivity index (χ0n) is 27.4. The molecule has 7 nitrogen and oxygen atoms in total. The fourth-order valence-electron chi connectivity index (χ4n) is 13.2. The molecule has 6 rings (SSSR count). The number of ether oxygens (including phenoxy) is 1. The highest BCUT2D eigenvalue weighted by Gasteiger charge is 2.72. The maximum Gasteiger partial charge on any atom is 0.138 e. The van der Waals surface area contributed by atoms with Crippen LogP contribution < -0.4 is 0 Å². The number of hydrogen-bond acceptors (Lipinski definition) is 7. The van der Waals surface area contributed by atoms with Gasteiger partial charge in [-0.1, -0.05) is 46.8 Å². The Balaban J connectivity index is 1.37. The Hall–Kier alpha value is -0.830. The van der Waals surface area contributed by atoms with E-state index in [-0.39, 0.29) is 33.5 Å². The molecule has 1 heterocycles. The van der Waals surface area contributed by atoms with Crippen molar-refractivity contribution in [1.29, 1.82) is 0 Å². The van der Waals surface area contributed by atoms with Crippen LogP contribution in [-0.2, 0) is 9.53 Å². The zero-order chi connectivity index (χ0) is 31.5. The van der Waals surface area contributed by atoms with Gasteiger partial charge in [-0.3, -0.25) is 4.79 Å². The number of carbonyl (C=O) groups excluding carboxylic acids is 1. The number of hydrogen-bond donors (Lipinski definition) is 5. The van der Waals surface area contributed by atoms with E-state index < -0.39 is 48.6 Å². The maximum atomic E-state index is 13.1. The summed E-state index contributed by atoms with van der Waals surface area (Å²) in [5, 5.41) is 54.3. The first kappa shape index (κ1) is 32.1. The summed E-state index contributed by atoms with van der Waals surface area (Å²) in [5.41, 5.74) is 0.654.